The van der Waals surface area contributed by atoms with E-state index in [1.807, 2.05) is 0 Å². The van der Waals surface area contributed by atoms with Crippen LogP contribution in [-0.4, -0.2) is 23.9 Å². The molecule has 0 aromatic carbocycles. The first-order chi connectivity index (χ1) is 6.08. The number of rotatable bonds is 3. The molecular weight excluding hydrogens is 164 g/mol. The summed E-state index contributed by atoms with van der Waals surface area (Å²) >= 11 is 0. The van der Waals surface area contributed by atoms with Crippen LogP contribution >= 0.6 is 0 Å². The standard InChI is InChI=1S/C11H22O2/c1-9(2)8-11(12)7-5-4-6-10(11)13-3/h9-10,12H,4-8H2,1-3H3. The first-order valence-electron chi connectivity index (χ1n) is 5.33. The average Bonchev–Trinajstić information content (AvgIpc) is 2.03. The van der Waals surface area contributed by atoms with Crippen molar-refractivity contribution in [2.45, 2.75) is 57.7 Å². The molecule has 1 aliphatic rings. The maximum Gasteiger partial charge on any atom is 0.0910 e. The molecule has 0 heterocycles. The molecule has 1 N–H and O–H groups in total. The predicted molar refractivity (Wildman–Crippen MR) is 53.7 cm³/mol. The SMILES string of the molecule is COC1CCCCC1(O)CC(C)C. The molecule has 78 valence electrons. The van der Waals surface area contributed by atoms with Gasteiger partial charge in [0.15, 0.2) is 0 Å². The van der Waals surface area contributed by atoms with Gasteiger partial charge in [-0.2, -0.15) is 0 Å². The lowest BCUT2D eigenvalue weighted by Crippen LogP contribution is -2.46. The fraction of sp³-hybridized carbons (Fsp3) is 1.00. The summed E-state index contributed by atoms with van der Waals surface area (Å²) < 4.78 is 5.36. The number of aliphatic hydroxyl groups is 1. The van der Waals surface area contributed by atoms with Crippen LogP contribution in [0.5, 0.6) is 0 Å². The van der Waals surface area contributed by atoms with Crippen LogP contribution in [0.1, 0.15) is 46.0 Å². The van der Waals surface area contributed by atoms with E-state index in [1.165, 1.54) is 6.42 Å². The van der Waals surface area contributed by atoms with Crippen molar-refractivity contribution in [1.82, 2.24) is 0 Å². The van der Waals surface area contributed by atoms with Crippen molar-refractivity contribution in [2.75, 3.05) is 7.11 Å². The summed E-state index contributed by atoms with van der Waals surface area (Å²) in [6.45, 7) is 4.30. The Hall–Kier alpha value is -0.0800. The number of ether oxygens (including phenoxy) is 1. The molecular formula is C11H22O2. The molecule has 1 rings (SSSR count). The summed E-state index contributed by atoms with van der Waals surface area (Å²) in [4.78, 5) is 0. The van der Waals surface area contributed by atoms with Crippen molar-refractivity contribution < 1.29 is 9.84 Å². The predicted octanol–water partition coefficient (Wildman–Crippen LogP) is 2.35. The van der Waals surface area contributed by atoms with Crippen molar-refractivity contribution in [3.63, 3.8) is 0 Å². The van der Waals surface area contributed by atoms with Gasteiger partial charge >= 0.3 is 0 Å². The Morgan fingerprint density at radius 1 is 1.46 bits per heavy atom. The largest absolute Gasteiger partial charge is 0.387 e. The van der Waals surface area contributed by atoms with Gasteiger partial charge in [-0.3, -0.25) is 0 Å². The van der Waals surface area contributed by atoms with Crippen molar-refractivity contribution in [1.29, 1.82) is 0 Å². The normalized spacial score (nSPS) is 35.3. The van der Waals surface area contributed by atoms with Gasteiger partial charge < -0.3 is 9.84 Å². The summed E-state index contributed by atoms with van der Waals surface area (Å²) in [5.41, 5.74) is -0.554. The van der Waals surface area contributed by atoms with Gasteiger partial charge in [-0.05, 0) is 25.2 Å². The highest BCUT2D eigenvalue weighted by molar-refractivity contribution is 4.91. The van der Waals surface area contributed by atoms with E-state index in [0.29, 0.717) is 5.92 Å². The molecule has 0 aromatic heterocycles. The lowest BCUT2D eigenvalue weighted by molar-refractivity contribution is -0.126. The molecule has 0 bridgehead atoms. The first-order valence-corrected chi connectivity index (χ1v) is 5.33. The molecule has 2 nitrogen and oxygen atoms in total. The molecule has 2 heteroatoms. The second-order valence-electron chi connectivity index (χ2n) is 4.67. The summed E-state index contributed by atoms with van der Waals surface area (Å²) in [5, 5.41) is 10.4. The summed E-state index contributed by atoms with van der Waals surface area (Å²) in [7, 11) is 1.71. The minimum atomic E-state index is -0.554. The van der Waals surface area contributed by atoms with Crippen molar-refractivity contribution >= 4 is 0 Å². The molecule has 13 heavy (non-hydrogen) atoms. The van der Waals surface area contributed by atoms with E-state index in [1.54, 1.807) is 7.11 Å². The van der Waals surface area contributed by atoms with Crippen molar-refractivity contribution in [3.05, 3.63) is 0 Å². The maximum atomic E-state index is 10.4. The second-order valence-corrected chi connectivity index (χ2v) is 4.67. The lowest BCUT2D eigenvalue weighted by Gasteiger charge is -2.40. The molecule has 1 aliphatic carbocycles. The molecule has 0 aromatic rings. The zero-order valence-electron chi connectivity index (χ0n) is 9.05. The molecule has 0 aliphatic heterocycles. The first kappa shape index (κ1) is 11.0. The van der Waals surface area contributed by atoms with E-state index in [0.717, 1.165) is 25.7 Å². The Bertz CT molecular complexity index is 156. The maximum absolute atomic E-state index is 10.4. The quantitative estimate of drug-likeness (QED) is 0.733. The van der Waals surface area contributed by atoms with Gasteiger partial charge in [0.25, 0.3) is 0 Å². The van der Waals surface area contributed by atoms with Gasteiger partial charge in [0.2, 0.25) is 0 Å². The number of hydrogen-bond donors (Lipinski definition) is 1. The van der Waals surface area contributed by atoms with Crippen LogP contribution < -0.4 is 0 Å². The Kier molecular flexibility index (Phi) is 3.74. The van der Waals surface area contributed by atoms with E-state index < -0.39 is 5.60 Å². The van der Waals surface area contributed by atoms with E-state index in [-0.39, 0.29) is 6.10 Å². The molecule has 1 fully saturated rings. The summed E-state index contributed by atoms with van der Waals surface area (Å²) in [6, 6.07) is 0. The number of hydrogen-bond acceptors (Lipinski definition) is 2. The molecule has 0 radical (unpaired) electrons. The average molecular weight is 186 g/mol. The number of methoxy groups -OCH3 is 1. The van der Waals surface area contributed by atoms with Crippen molar-refractivity contribution in [3.8, 4) is 0 Å². The van der Waals surface area contributed by atoms with Gasteiger partial charge in [0.1, 0.15) is 0 Å². The Morgan fingerprint density at radius 2 is 2.15 bits per heavy atom. The van der Waals surface area contributed by atoms with Crippen LogP contribution in [0.3, 0.4) is 0 Å². The van der Waals surface area contributed by atoms with Crippen LogP contribution in [-0.2, 0) is 4.74 Å². The van der Waals surface area contributed by atoms with E-state index in [4.69, 9.17) is 4.74 Å². The molecule has 2 unspecified atom stereocenters. The Morgan fingerprint density at radius 3 is 2.69 bits per heavy atom. The van der Waals surface area contributed by atoms with E-state index in [9.17, 15) is 5.11 Å². The fourth-order valence-electron chi connectivity index (χ4n) is 2.47. The highest BCUT2D eigenvalue weighted by Gasteiger charge is 2.39. The Labute approximate surface area is 81.3 Å². The minimum absolute atomic E-state index is 0.0589. The third-order valence-electron chi connectivity index (χ3n) is 2.97. The zero-order valence-corrected chi connectivity index (χ0v) is 9.05. The second kappa shape index (κ2) is 4.43. The summed E-state index contributed by atoms with van der Waals surface area (Å²) in [6.07, 6.45) is 5.18. The van der Waals surface area contributed by atoms with Gasteiger partial charge in [-0.25, -0.2) is 0 Å². The van der Waals surface area contributed by atoms with E-state index >= 15 is 0 Å². The molecule has 0 amide bonds. The Balaban J connectivity index is 2.59. The third kappa shape index (κ3) is 2.68. The third-order valence-corrected chi connectivity index (χ3v) is 2.97. The summed E-state index contributed by atoms with van der Waals surface area (Å²) in [5.74, 6) is 0.542. The molecule has 0 spiro atoms. The van der Waals surface area contributed by atoms with Gasteiger partial charge in [-0.15, -0.1) is 0 Å². The van der Waals surface area contributed by atoms with Crippen LogP contribution in [0.4, 0.5) is 0 Å². The zero-order chi connectivity index (χ0) is 9.90. The monoisotopic (exact) mass is 186 g/mol. The highest BCUT2D eigenvalue weighted by Crippen LogP contribution is 2.35. The van der Waals surface area contributed by atoms with E-state index in [2.05, 4.69) is 13.8 Å². The van der Waals surface area contributed by atoms with Crippen LogP contribution in [0, 0.1) is 5.92 Å². The van der Waals surface area contributed by atoms with Gasteiger partial charge in [0, 0.05) is 7.11 Å². The van der Waals surface area contributed by atoms with Gasteiger partial charge in [0.05, 0.1) is 11.7 Å². The highest BCUT2D eigenvalue weighted by atomic mass is 16.5. The lowest BCUT2D eigenvalue weighted by atomic mass is 9.77. The molecule has 0 saturated heterocycles. The van der Waals surface area contributed by atoms with Crippen LogP contribution in [0.25, 0.3) is 0 Å². The van der Waals surface area contributed by atoms with Gasteiger partial charge in [-0.1, -0.05) is 26.7 Å². The molecule has 2 atom stereocenters. The van der Waals surface area contributed by atoms with Crippen LogP contribution in [0.15, 0.2) is 0 Å². The molecule has 1 saturated carbocycles. The van der Waals surface area contributed by atoms with Crippen LogP contribution in [0.2, 0.25) is 0 Å². The topological polar surface area (TPSA) is 29.5 Å². The minimum Gasteiger partial charge on any atom is -0.387 e. The smallest absolute Gasteiger partial charge is 0.0910 e. The van der Waals surface area contributed by atoms with Crippen molar-refractivity contribution in [2.24, 2.45) is 5.92 Å². The fourth-order valence-corrected chi connectivity index (χ4v) is 2.47.